The lowest BCUT2D eigenvalue weighted by Crippen LogP contribution is -2.74. The maximum atomic E-state index is 2.50. The van der Waals surface area contributed by atoms with Gasteiger partial charge in [-0.15, -0.1) is 0 Å². The molecule has 10 aromatic carbocycles. The number of rotatable bonds is 7. The fourth-order valence-corrected chi connectivity index (χ4v) is 15.6. The molecule has 0 spiro atoms. The minimum absolute atomic E-state index is 1.14. The van der Waals surface area contributed by atoms with Crippen LogP contribution in [0.25, 0.3) is 82.5 Å². The predicted molar refractivity (Wildman–Crippen MR) is 273 cm³/mol. The summed E-state index contributed by atoms with van der Waals surface area (Å²) in [5.41, 5.74) is 10.7. The van der Waals surface area contributed by atoms with E-state index in [1.165, 1.54) is 86.2 Å². The van der Waals surface area contributed by atoms with Crippen LogP contribution in [-0.2, 0) is 0 Å². The van der Waals surface area contributed by atoms with Crippen LogP contribution in [0.2, 0.25) is 0 Å². The predicted octanol–water partition coefficient (Wildman–Crippen LogP) is 12.4. The third-order valence-corrected chi connectivity index (χ3v) is 18.4. The first-order chi connectivity index (χ1) is 31.8. The summed E-state index contributed by atoms with van der Waals surface area (Å²) in [7, 11) is -2.87. The Morgan fingerprint density at radius 1 is 0.203 bits per heavy atom. The lowest BCUT2D eigenvalue weighted by atomic mass is 10.1. The molecule has 0 saturated heterocycles. The molecular formula is C60H41N3Si. The Hall–Kier alpha value is -8.18. The molecule has 300 valence electrons. The fourth-order valence-electron chi connectivity index (χ4n) is 10.9. The molecule has 13 aromatic rings. The van der Waals surface area contributed by atoms with Gasteiger partial charge in [0.2, 0.25) is 0 Å². The van der Waals surface area contributed by atoms with Gasteiger partial charge < -0.3 is 13.7 Å². The summed E-state index contributed by atoms with van der Waals surface area (Å²) in [6.45, 7) is 0. The molecule has 0 unspecified atom stereocenters. The van der Waals surface area contributed by atoms with Gasteiger partial charge in [0.05, 0.1) is 33.1 Å². The molecular weight excluding hydrogens is 791 g/mol. The number of nitrogens with zero attached hydrogens (tertiary/aromatic N) is 3. The summed E-state index contributed by atoms with van der Waals surface area (Å²) in [6, 6.07) is 92.3. The Balaban J connectivity index is 1.05. The van der Waals surface area contributed by atoms with E-state index in [-0.39, 0.29) is 0 Å². The Morgan fingerprint density at radius 2 is 0.484 bits per heavy atom. The Morgan fingerprint density at radius 3 is 0.891 bits per heavy atom. The van der Waals surface area contributed by atoms with Gasteiger partial charge in [0.25, 0.3) is 0 Å². The summed E-state index contributed by atoms with van der Waals surface area (Å²) < 4.78 is 7.38. The molecule has 0 aliphatic rings. The van der Waals surface area contributed by atoms with Gasteiger partial charge in [-0.2, -0.15) is 0 Å². The number of para-hydroxylation sites is 5. The summed E-state index contributed by atoms with van der Waals surface area (Å²) in [5, 5.41) is 12.9. The summed E-state index contributed by atoms with van der Waals surface area (Å²) in [6.07, 6.45) is 0. The van der Waals surface area contributed by atoms with Gasteiger partial charge in [0, 0.05) is 49.4 Å². The van der Waals surface area contributed by atoms with Crippen LogP contribution in [0, 0.1) is 0 Å². The van der Waals surface area contributed by atoms with Crippen molar-refractivity contribution in [2.75, 3.05) is 0 Å². The lowest BCUT2D eigenvalue weighted by Gasteiger charge is -2.34. The SMILES string of the molecule is c1ccc(-n2c3ccccc3c3ccc4c5ccccc5n(-c5ccc([Si](c6ccccc6)(c6ccccc6)c6ccc(-n7c8ccccc8c8ccccc87)cc6)cc5)c4c32)cc1. The largest absolute Gasteiger partial charge is 0.309 e. The van der Waals surface area contributed by atoms with E-state index in [4.69, 9.17) is 0 Å². The second kappa shape index (κ2) is 14.5. The number of benzene rings is 10. The summed E-state index contributed by atoms with van der Waals surface area (Å²) in [5.74, 6) is 0. The first-order valence-corrected chi connectivity index (χ1v) is 24.1. The third-order valence-electron chi connectivity index (χ3n) is 13.6. The molecule has 13 rings (SSSR count). The molecule has 0 aliphatic heterocycles. The smallest absolute Gasteiger partial charge is 0.179 e. The van der Waals surface area contributed by atoms with Gasteiger partial charge in [-0.05, 0) is 81.4 Å². The van der Waals surface area contributed by atoms with Crippen LogP contribution in [0.5, 0.6) is 0 Å². The molecule has 0 amide bonds. The molecule has 0 saturated carbocycles. The molecule has 3 heterocycles. The third kappa shape index (κ3) is 5.27. The van der Waals surface area contributed by atoms with Crippen molar-refractivity contribution in [3.8, 4) is 17.1 Å². The average molecular weight is 832 g/mol. The van der Waals surface area contributed by atoms with Gasteiger partial charge in [-0.25, -0.2) is 0 Å². The van der Waals surface area contributed by atoms with E-state index in [1.807, 2.05) is 0 Å². The highest BCUT2D eigenvalue weighted by Crippen LogP contribution is 2.41. The van der Waals surface area contributed by atoms with Crippen molar-refractivity contribution in [1.29, 1.82) is 0 Å². The van der Waals surface area contributed by atoms with E-state index in [9.17, 15) is 0 Å². The minimum Gasteiger partial charge on any atom is -0.309 e. The quantitative estimate of drug-likeness (QED) is 0.112. The average Bonchev–Trinajstić information content (AvgIpc) is 4.02. The standard InChI is InChI=1S/C60H41N3Si/c1-4-18-42(19-5-1)62-57-30-16-12-26-51(57)53-40-41-54-52-27-13-17-31-58(52)63(60(54)59(53)62)44-34-38-48(39-35-44)64(45-20-6-2-7-21-45,46-22-8-3-9-23-46)47-36-32-43(33-37-47)61-55-28-14-10-24-49(55)50-25-11-15-29-56(50)61/h1-41H. The molecule has 0 atom stereocenters. The maximum absolute atomic E-state index is 2.87. The number of aromatic nitrogens is 3. The van der Waals surface area contributed by atoms with Crippen LogP contribution in [0.4, 0.5) is 0 Å². The van der Waals surface area contributed by atoms with E-state index in [1.54, 1.807) is 0 Å². The summed E-state index contributed by atoms with van der Waals surface area (Å²) in [4.78, 5) is 0. The van der Waals surface area contributed by atoms with Crippen LogP contribution in [0.15, 0.2) is 249 Å². The molecule has 64 heavy (non-hydrogen) atoms. The molecule has 4 heteroatoms. The van der Waals surface area contributed by atoms with Crippen molar-refractivity contribution in [3.05, 3.63) is 249 Å². The number of hydrogen-bond donors (Lipinski definition) is 0. The highest BCUT2D eigenvalue weighted by Gasteiger charge is 2.41. The van der Waals surface area contributed by atoms with Crippen LogP contribution in [-0.4, -0.2) is 21.8 Å². The van der Waals surface area contributed by atoms with Crippen LogP contribution in [0.1, 0.15) is 0 Å². The monoisotopic (exact) mass is 831 g/mol. The van der Waals surface area contributed by atoms with Gasteiger partial charge in [-0.3, -0.25) is 0 Å². The van der Waals surface area contributed by atoms with Crippen LogP contribution < -0.4 is 20.7 Å². The first-order valence-electron chi connectivity index (χ1n) is 22.1. The molecule has 3 aromatic heterocycles. The number of fused-ring (bicyclic) bond motifs is 10. The minimum atomic E-state index is -2.87. The molecule has 0 N–H and O–H groups in total. The molecule has 0 fully saturated rings. The van der Waals surface area contributed by atoms with Crippen molar-refractivity contribution in [3.63, 3.8) is 0 Å². The lowest BCUT2D eigenvalue weighted by molar-refractivity contribution is 1.15. The van der Waals surface area contributed by atoms with E-state index >= 15 is 0 Å². The Bertz CT molecular complexity index is 3770. The Kier molecular flexibility index (Phi) is 8.23. The zero-order valence-electron chi connectivity index (χ0n) is 35.0. The normalized spacial score (nSPS) is 12.1. The van der Waals surface area contributed by atoms with Crippen molar-refractivity contribution in [2.45, 2.75) is 0 Å². The second-order valence-corrected chi connectivity index (χ2v) is 20.7. The maximum Gasteiger partial charge on any atom is 0.179 e. The van der Waals surface area contributed by atoms with E-state index in [0.717, 1.165) is 17.1 Å². The van der Waals surface area contributed by atoms with Gasteiger partial charge in [0.1, 0.15) is 0 Å². The van der Waals surface area contributed by atoms with Crippen molar-refractivity contribution in [1.82, 2.24) is 13.7 Å². The van der Waals surface area contributed by atoms with Crippen LogP contribution >= 0.6 is 0 Å². The van der Waals surface area contributed by atoms with Gasteiger partial charge in [-0.1, -0.05) is 188 Å². The number of hydrogen-bond acceptors (Lipinski definition) is 0. The van der Waals surface area contributed by atoms with Crippen molar-refractivity contribution >= 4 is 94.2 Å². The zero-order valence-corrected chi connectivity index (χ0v) is 36.0. The highest BCUT2D eigenvalue weighted by atomic mass is 28.3. The van der Waals surface area contributed by atoms with E-state index in [0.29, 0.717) is 0 Å². The topological polar surface area (TPSA) is 14.8 Å². The van der Waals surface area contributed by atoms with Gasteiger partial charge in [0.15, 0.2) is 8.07 Å². The molecule has 3 nitrogen and oxygen atoms in total. The Labute approximate surface area is 372 Å². The van der Waals surface area contributed by atoms with Crippen molar-refractivity contribution in [2.24, 2.45) is 0 Å². The highest BCUT2D eigenvalue weighted by molar-refractivity contribution is 7.19. The second-order valence-electron chi connectivity index (χ2n) is 16.8. The molecule has 0 bridgehead atoms. The van der Waals surface area contributed by atoms with Crippen LogP contribution in [0.3, 0.4) is 0 Å². The molecule has 0 aliphatic carbocycles. The fraction of sp³-hybridized carbons (Fsp3) is 0. The summed E-state index contributed by atoms with van der Waals surface area (Å²) >= 11 is 0. The first kappa shape index (κ1) is 36.5. The van der Waals surface area contributed by atoms with Gasteiger partial charge >= 0.3 is 0 Å². The van der Waals surface area contributed by atoms with E-state index in [2.05, 4.69) is 262 Å². The van der Waals surface area contributed by atoms with E-state index < -0.39 is 8.07 Å². The van der Waals surface area contributed by atoms with Crippen molar-refractivity contribution < 1.29 is 0 Å². The molecule has 0 radical (unpaired) electrons. The zero-order chi connectivity index (χ0) is 42.2.